The number of carboxylic acid groups (broad SMARTS) is 2. The highest BCUT2D eigenvalue weighted by Gasteiger charge is 2.25. The van der Waals surface area contributed by atoms with Gasteiger partial charge in [0.05, 0.1) is 12.5 Å². The Balaban J connectivity index is 4.26. The van der Waals surface area contributed by atoms with Crippen LogP contribution < -0.4 is 11.2 Å². The lowest BCUT2D eigenvalue weighted by atomic mass is 10.1. The number of carbonyl (C=O) groups excluding carboxylic acids is 1. The van der Waals surface area contributed by atoms with Gasteiger partial charge in [-0.1, -0.05) is 13.8 Å². The maximum Gasteiger partial charge on any atom is 0.336 e. The van der Waals surface area contributed by atoms with Crippen molar-refractivity contribution in [2.45, 2.75) is 32.4 Å². The highest BCUT2D eigenvalue weighted by molar-refractivity contribution is 5.82. The van der Waals surface area contributed by atoms with E-state index in [0.29, 0.717) is 0 Å². The number of amides is 1. The van der Waals surface area contributed by atoms with Crippen molar-refractivity contribution in [2.24, 2.45) is 11.7 Å². The van der Waals surface area contributed by atoms with Gasteiger partial charge in [0.15, 0.2) is 6.10 Å². The molecule has 0 radical (unpaired) electrons. The Labute approximate surface area is 97.7 Å². The zero-order valence-corrected chi connectivity index (χ0v) is 9.54. The molecule has 0 fully saturated rings. The van der Waals surface area contributed by atoms with E-state index in [1.54, 1.807) is 13.8 Å². The summed E-state index contributed by atoms with van der Waals surface area (Å²) >= 11 is 0. The Morgan fingerprint density at radius 3 is 2.18 bits per heavy atom. The summed E-state index contributed by atoms with van der Waals surface area (Å²) in [5, 5.41) is 17.0. The molecule has 2 unspecified atom stereocenters. The number of carbonyl (C=O) groups is 3. The van der Waals surface area contributed by atoms with E-state index in [0.717, 1.165) is 0 Å². The van der Waals surface area contributed by atoms with Gasteiger partial charge < -0.3 is 15.9 Å². The molecule has 0 rings (SSSR count). The van der Waals surface area contributed by atoms with Gasteiger partial charge in [0.2, 0.25) is 0 Å². The zero-order valence-electron chi connectivity index (χ0n) is 9.54. The minimum atomic E-state index is -1.64. The van der Waals surface area contributed by atoms with E-state index in [4.69, 9.17) is 15.9 Å². The van der Waals surface area contributed by atoms with Crippen molar-refractivity contribution in [3.05, 3.63) is 0 Å². The average Bonchev–Trinajstić information content (AvgIpc) is 2.21. The van der Waals surface area contributed by atoms with Crippen LogP contribution in [0.5, 0.6) is 0 Å². The van der Waals surface area contributed by atoms with Crippen molar-refractivity contribution < 1.29 is 29.4 Å². The van der Waals surface area contributed by atoms with Crippen LogP contribution in [0.2, 0.25) is 0 Å². The summed E-state index contributed by atoms with van der Waals surface area (Å²) < 4.78 is 0. The molecule has 17 heavy (non-hydrogen) atoms. The first kappa shape index (κ1) is 15.3. The summed E-state index contributed by atoms with van der Waals surface area (Å²) in [4.78, 5) is 36.7. The highest BCUT2D eigenvalue weighted by Crippen LogP contribution is 2.00. The molecule has 0 heterocycles. The van der Waals surface area contributed by atoms with Crippen LogP contribution in [0.4, 0.5) is 0 Å². The molecule has 0 aliphatic heterocycles. The number of aliphatic carboxylic acids is 2. The second-order valence-corrected chi connectivity index (χ2v) is 3.78. The van der Waals surface area contributed by atoms with Crippen LogP contribution in [0.1, 0.15) is 20.3 Å². The smallest absolute Gasteiger partial charge is 0.336 e. The number of hydrogen-bond acceptors (Lipinski definition) is 5. The van der Waals surface area contributed by atoms with Crippen LogP contribution >= 0.6 is 0 Å². The van der Waals surface area contributed by atoms with Gasteiger partial charge in [-0.05, 0) is 5.92 Å². The molecule has 8 nitrogen and oxygen atoms in total. The van der Waals surface area contributed by atoms with Crippen LogP contribution in [-0.4, -0.2) is 40.2 Å². The third-order valence-electron chi connectivity index (χ3n) is 1.96. The molecule has 0 saturated heterocycles. The molecule has 8 heteroatoms. The van der Waals surface area contributed by atoms with Crippen molar-refractivity contribution in [1.82, 2.24) is 5.48 Å². The SMILES string of the molecule is CC(C)C(N)C(=O)NOC(CC(=O)O)C(=O)O. The van der Waals surface area contributed by atoms with Gasteiger partial charge in [-0.3, -0.25) is 14.4 Å². The molecule has 98 valence electrons. The molecule has 0 aliphatic carbocycles. The summed E-state index contributed by atoms with van der Waals surface area (Å²) in [6.07, 6.45) is -2.40. The van der Waals surface area contributed by atoms with Crippen molar-refractivity contribution in [3.63, 3.8) is 0 Å². The Bertz CT molecular complexity index is 304. The van der Waals surface area contributed by atoms with Gasteiger partial charge in [-0.25, -0.2) is 10.3 Å². The molecular formula is C9H16N2O6. The summed E-state index contributed by atoms with van der Waals surface area (Å²) in [6, 6.07) is -0.853. The first-order valence-corrected chi connectivity index (χ1v) is 4.91. The van der Waals surface area contributed by atoms with Crippen LogP contribution in [0.25, 0.3) is 0 Å². The lowest BCUT2D eigenvalue weighted by Crippen LogP contribution is -2.46. The second-order valence-electron chi connectivity index (χ2n) is 3.78. The van der Waals surface area contributed by atoms with E-state index >= 15 is 0 Å². The van der Waals surface area contributed by atoms with Gasteiger partial charge in [-0.15, -0.1) is 0 Å². The predicted molar refractivity (Wildman–Crippen MR) is 55.7 cm³/mol. The number of carboxylic acids is 2. The minimum absolute atomic E-state index is 0.152. The van der Waals surface area contributed by atoms with Gasteiger partial charge in [-0.2, -0.15) is 0 Å². The molecule has 0 spiro atoms. The number of rotatable bonds is 7. The van der Waals surface area contributed by atoms with E-state index in [2.05, 4.69) is 4.84 Å². The van der Waals surface area contributed by atoms with Crippen LogP contribution in [0.15, 0.2) is 0 Å². The molecule has 0 bridgehead atoms. The van der Waals surface area contributed by atoms with Gasteiger partial charge in [0.1, 0.15) is 0 Å². The topological polar surface area (TPSA) is 139 Å². The molecule has 0 aromatic heterocycles. The summed E-state index contributed by atoms with van der Waals surface area (Å²) in [5.41, 5.74) is 7.31. The summed E-state index contributed by atoms with van der Waals surface area (Å²) in [6.45, 7) is 3.41. The highest BCUT2D eigenvalue weighted by atomic mass is 16.7. The molecule has 0 saturated carbocycles. The molecule has 5 N–H and O–H groups in total. The van der Waals surface area contributed by atoms with E-state index in [1.807, 2.05) is 5.48 Å². The lowest BCUT2D eigenvalue weighted by Gasteiger charge is -2.17. The molecular weight excluding hydrogens is 232 g/mol. The normalized spacial score (nSPS) is 14.1. The first-order valence-electron chi connectivity index (χ1n) is 4.91. The summed E-state index contributed by atoms with van der Waals surface area (Å²) in [5.74, 6) is -3.68. The molecule has 0 aliphatic rings. The zero-order chi connectivity index (χ0) is 13.6. The van der Waals surface area contributed by atoms with E-state index in [-0.39, 0.29) is 5.92 Å². The molecule has 1 amide bonds. The lowest BCUT2D eigenvalue weighted by molar-refractivity contribution is -0.166. The predicted octanol–water partition coefficient (Wildman–Crippen LogP) is -1.05. The van der Waals surface area contributed by atoms with Crippen LogP contribution in [-0.2, 0) is 19.2 Å². The van der Waals surface area contributed by atoms with Gasteiger partial charge in [0, 0.05) is 0 Å². The largest absolute Gasteiger partial charge is 0.481 e. The van der Waals surface area contributed by atoms with E-state index in [9.17, 15) is 14.4 Å². The quantitative estimate of drug-likeness (QED) is 0.421. The Morgan fingerprint density at radius 2 is 1.82 bits per heavy atom. The van der Waals surface area contributed by atoms with E-state index in [1.165, 1.54) is 0 Å². The number of hydroxylamine groups is 1. The Hall–Kier alpha value is -1.67. The maximum absolute atomic E-state index is 11.3. The fraction of sp³-hybridized carbons (Fsp3) is 0.667. The van der Waals surface area contributed by atoms with Crippen molar-refractivity contribution in [2.75, 3.05) is 0 Å². The minimum Gasteiger partial charge on any atom is -0.481 e. The van der Waals surface area contributed by atoms with Gasteiger partial charge in [0.25, 0.3) is 5.91 Å². The second kappa shape index (κ2) is 6.81. The first-order chi connectivity index (χ1) is 7.75. The van der Waals surface area contributed by atoms with Crippen molar-refractivity contribution >= 4 is 17.8 Å². The average molecular weight is 248 g/mol. The number of nitrogens with two attached hydrogens (primary N) is 1. The fourth-order valence-corrected chi connectivity index (χ4v) is 0.838. The van der Waals surface area contributed by atoms with Crippen molar-refractivity contribution in [3.8, 4) is 0 Å². The Kier molecular flexibility index (Phi) is 6.15. The number of hydrogen-bond donors (Lipinski definition) is 4. The summed E-state index contributed by atoms with van der Waals surface area (Å²) in [7, 11) is 0. The third kappa shape index (κ3) is 5.83. The molecule has 2 atom stereocenters. The maximum atomic E-state index is 11.3. The molecule has 0 aromatic carbocycles. The van der Waals surface area contributed by atoms with Gasteiger partial charge >= 0.3 is 11.9 Å². The van der Waals surface area contributed by atoms with Crippen LogP contribution in [0.3, 0.4) is 0 Å². The van der Waals surface area contributed by atoms with E-state index < -0.39 is 36.4 Å². The number of nitrogens with one attached hydrogen (secondary N) is 1. The monoisotopic (exact) mass is 248 g/mol. The molecule has 0 aromatic rings. The Morgan fingerprint density at radius 1 is 1.29 bits per heavy atom. The van der Waals surface area contributed by atoms with Crippen molar-refractivity contribution in [1.29, 1.82) is 0 Å². The van der Waals surface area contributed by atoms with Crippen LogP contribution in [0, 0.1) is 5.92 Å². The standard InChI is InChI=1S/C9H16N2O6/c1-4(2)7(10)8(14)11-17-5(9(15)16)3-6(12)13/h4-5,7H,3,10H2,1-2H3,(H,11,14)(H,12,13)(H,15,16). The third-order valence-corrected chi connectivity index (χ3v) is 1.96. The fourth-order valence-electron chi connectivity index (χ4n) is 0.838.